The van der Waals surface area contributed by atoms with Crippen molar-refractivity contribution in [3.05, 3.63) is 93.7 Å². The van der Waals surface area contributed by atoms with E-state index in [0.29, 0.717) is 6.08 Å². The number of Topliss-reactive ketones (excluding diaryl/α,β-unsaturated/α-hetero) is 1. The third-order valence-electron chi connectivity index (χ3n) is 3.57. The Bertz CT molecular complexity index is 904. The summed E-state index contributed by atoms with van der Waals surface area (Å²) in [5.41, 5.74) is -5.38. The number of carbonyl (C=O) groups excluding carboxylic acids is 1. The minimum Gasteiger partial charge on any atom is -0.289 e. The maximum Gasteiger partial charge on any atom is 0.504 e. The van der Waals surface area contributed by atoms with Gasteiger partial charge in [-0.2, -0.15) is 0 Å². The molecule has 0 fully saturated rings. The van der Waals surface area contributed by atoms with Crippen molar-refractivity contribution >= 4 is 11.5 Å². The van der Waals surface area contributed by atoms with Gasteiger partial charge in [0.25, 0.3) is 11.4 Å². The van der Waals surface area contributed by atoms with Crippen LogP contribution in [0.2, 0.25) is 0 Å². The fourth-order valence-corrected chi connectivity index (χ4v) is 2.33. The summed E-state index contributed by atoms with van der Waals surface area (Å²) in [4.78, 5) is 52.1. The van der Waals surface area contributed by atoms with E-state index in [0.717, 1.165) is 18.2 Å². The molecular weight excluding hydrogens is 356 g/mol. The Labute approximate surface area is 142 Å². The van der Waals surface area contributed by atoms with Crippen LogP contribution in [-0.4, -0.2) is 31.1 Å². The van der Waals surface area contributed by atoms with Crippen LogP contribution in [-0.2, 0) is 0 Å². The van der Waals surface area contributed by atoms with Crippen LogP contribution in [0.3, 0.4) is 0 Å². The summed E-state index contributed by atoms with van der Waals surface area (Å²) in [5, 5.41) is 44.1. The summed E-state index contributed by atoms with van der Waals surface area (Å²) in [7, 11) is 0. The molecule has 0 heterocycles. The van der Waals surface area contributed by atoms with Crippen LogP contribution in [0, 0.1) is 40.5 Å². The summed E-state index contributed by atoms with van der Waals surface area (Å²) in [6.07, 6.45) is -0.0175. The van der Waals surface area contributed by atoms with Crippen molar-refractivity contribution in [2.24, 2.45) is 0 Å². The standard InChI is InChI=1S/C13H8N4O9/c18-12(8-2-1-3-10(4-8)14(19)20)9-5-11(15(21)22)7-13(6-9,16(23)24)17(25)26/h1-4,6-7H,5H2. The average molecular weight is 364 g/mol. The first-order valence-corrected chi connectivity index (χ1v) is 6.74. The maximum atomic E-state index is 12.5. The van der Waals surface area contributed by atoms with Gasteiger partial charge in [-0.3, -0.25) is 45.3 Å². The minimum absolute atomic E-state index is 0.261. The molecule has 0 saturated carbocycles. The number of carbonyl (C=O) groups is 1. The molecule has 13 heteroatoms. The van der Waals surface area contributed by atoms with Crippen LogP contribution in [0.4, 0.5) is 5.69 Å². The number of nitro benzene ring substituents is 1. The second kappa shape index (κ2) is 6.46. The highest BCUT2D eigenvalue weighted by Gasteiger charge is 2.57. The largest absolute Gasteiger partial charge is 0.504 e. The number of benzene rings is 1. The highest BCUT2D eigenvalue weighted by atomic mass is 16.7. The number of hydrogen-bond acceptors (Lipinski definition) is 9. The normalized spacial score (nSPS) is 15.4. The second-order valence-electron chi connectivity index (χ2n) is 5.17. The first-order chi connectivity index (χ1) is 12.1. The van der Waals surface area contributed by atoms with Crippen LogP contribution >= 0.6 is 0 Å². The predicted molar refractivity (Wildman–Crippen MR) is 81.9 cm³/mol. The summed E-state index contributed by atoms with van der Waals surface area (Å²) in [6.45, 7) is 0. The number of nitro groups is 4. The molecule has 0 amide bonds. The Morgan fingerprint density at radius 3 is 2.04 bits per heavy atom. The van der Waals surface area contributed by atoms with Gasteiger partial charge in [0.05, 0.1) is 22.3 Å². The quantitative estimate of drug-likeness (QED) is 0.311. The molecule has 0 atom stereocenters. The van der Waals surface area contributed by atoms with Gasteiger partial charge in [0.2, 0.25) is 0 Å². The van der Waals surface area contributed by atoms with Crippen LogP contribution < -0.4 is 0 Å². The van der Waals surface area contributed by atoms with E-state index < -0.39 is 54.5 Å². The first-order valence-electron chi connectivity index (χ1n) is 6.74. The number of non-ortho nitro benzene ring substituents is 1. The first kappa shape index (κ1) is 18.3. The van der Waals surface area contributed by atoms with Crippen LogP contribution in [0.1, 0.15) is 16.8 Å². The number of rotatable bonds is 6. The van der Waals surface area contributed by atoms with Gasteiger partial charge < -0.3 is 0 Å². The molecule has 0 saturated heterocycles. The number of hydrogen-bond donors (Lipinski definition) is 0. The molecule has 1 aliphatic rings. The van der Waals surface area contributed by atoms with E-state index in [2.05, 4.69) is 0 Å². The summed E-state index contributed by atoms with van der Waals surface area (Å²) in [5.74, 6) is -1.02. The molecule has 0 aliphatic heterocycles. The molecule has 1 aromatic carbocycles. The van der Waals surface area contributed by atoms with Crippen molar-refractivity contribution in [1.29, 1.82) is 0 Å². The Hall–Kier alpha value is -4.03. The van der Waals surface area contributed by atoms with Gasteiger partial charge in [0, 0.05) is 23.3 Å². The van der Waals surface area contributed by atoms with Crippen molar-refractivity contribution < 1.29 is 24.5 Å². The topological polar surface area (TPSA) is 190 Å². The lowest BCUT2D eigenvalue weighted by Gasteiger charge is -2.16. The third kappa shape index (κ3) is 3.12. The number of ketones is 1. The Balaban J connectivity index is 2.59. The van der Waals surface area contributed by atoms with E-state index in [4.69, 9.17) is 0 Å². The van der Waals surface area contributed by atoms with Crippen molar-refractivity contribution in [1.82, 2.24) is 0 Å². The molecule has 0 N–H and O–H groups in total. The van der Waals surface area contributed by atoms with E-state index in [1.807, 2.05) is 0 Å². The maximum absolute atomic E-state index is 12.5. The molecule has 0 unspecified atom stereocenters. The smallest absolute Gasteiger partial charge is 0.289 e. The van der Waals surface area contributed by atoms with Crippen molar-refractivity contribution in [2.75, 3.05) is 0 Å². The van der Waals surface area contributed by atoms with Gasteiger partial charge in [0.1, 0.15) is 15.9 Å². The summed E-state index contributed by atoms with van der Waals surface area (Å²) < 4.78 is 0. The second-order valence-corrected chi connectivity index (χ2v) is 5.17. The Morgan fingerprint density at radius 2 is 1.54 bits per heavy atom. The minimum atomic E-state index is -3.17. The van der Waals surface area contributed by atoms with Crippen LogP contribution in [0.15, 0.2) is 47.7 Å². The molecule has 1 aromatic rings. The molecule has 26 heavy (non-hydrogen) atoms. The summed E-state index contributed by atoms with van der Waals surface area (Å²) in [6, 6.07) is 4.29. The van der Waals surface area contributed by atoms with Crippen molar-refractivity contribution in [3.8, 4) is 0 Å². The zero-order valence-electron chi connectivity index (χ0n) is 12.6. The molecule has 134 valence electrons. The molecule has 0 aromatic heterocycles. The molecular formula is C13H8N4O9. The van der Waals surface area contributed by atoms with E-state index in [1.54, 1.807) is 0 Å². The number of allylic oxidation sites excluding steroid dienone is 1. The number of nitrogens with zero attached hydrogens (tertiary/aromatic N) is 4. The zero-order chi connectivity index (χ0) is 19.6. The van der Waals surface area contributed by atoms with Crippen LogP contribution in [0.5, 0.6) is 0 Å². The van der Waals surface area contributed by atoms with Crippen molar-refractivity contribution in [3.63, 3.8) is 0 Å². The lowest BCUT2D eigenvalue weighted by Crippen LogP contribution is -2.45. The third-order valence-corrected chi connectivity index (χ3v) is 3.57. The van der Waals surface area contributed by atoms with Crippen LogP contribution in [0.25, 0.3) is 0 Å². The van der Waals surface area contributed by atoms with E-state index >= 15 is 0 Å². The average Bonchev–Trinajstić information content (AvgIpc) is 2.60. The Kier molecular flexibility index (Phi) is 4.55. The molecule has 0 radical (unpaired) electrons. The fourth-order valence-electron chi connectivity index (χ4n) is 2.33. The molecule has 0 bridgehead atoms. The van der Waals surface area contributed by atoms with Gasteiger partial charge in [-0.1, -0.05) is 12.1 Å². The monoisotopic (exact) mass is 364 g/mol. The van der Waals surface area contributed by atoms with Gasteiger partial charge in [-0.25, -0.2) is 0 Å². The predicted octanol–water partition coefficient (Wildman–Crippen LogP) is 1.52. The van der Waals surface area contributed by atoms with E-state index in [9.17, 15) is 45.3 Å². The van der Waals surface area contributed by atoms with Gasteiger partial charge >= 0.3 is 5.66 Å². The SMILES string of the molecule is O=C(C1=CC([N+](=O)[O-])([N+](=O)[O-])C=C([N+](=O)[O-])C1)c1cccc([N+](=O)[O-])c1. The highest BCUT2D eigenvalue weighted by molar-refractivity contribution is 6.09. The van der Waals surface area contributed by atoms with E-state index in [-0.39, 0.29) is 11.6 Å². The lowest BCUT2D eigenvalue weighted by atomic mass is 9.90. The summed E-state index contributed by atoms with van der Waals surface area (Å²) >= 11 is 0. The molecule has 2 rings (SSSR count). The van der Waals surface area contributed by atoms with Gasteiger partial charge in [-0.15, -0.1) is 0 Å². The fraction of sp³-hybridized carbons (Fsp3) is 0.154. The van der Waals surface area contributed by atoms with Gasteiger partial charge in [0.15, 0.2) is 5.78 Å². The Morgan fingerprint density at radius 1 is 0.923 bits per heavy atom. The molecule has 0 spiro atoms. The van der Waals surface area contributed by atoms with Gasteiger partial charge in [-0.05, 0) is 0 Å². The van der Waals surface area contributed by atoms with E-state index in [1.165, 1.54) is 6.07 Å². The highest BCUT2D eigenvalue weighted by Crippen LogP contribution is 2.31. The molecule has 1 aliphatic carbocycles. The van der Waals surface area contributed by atoms with Crippen molar-refractivity contribution in [2.45, 2.75) is 12.1 Å². The molecule has 13 nitrogen and oxygen atoms in total. The zero-order valence-corrected chi connectivity index (χ0v) is 12.6. The lowest BCUT2D eigenvalue weighted by molar-refractivity contribution is -0.766.